The minimum atomic E-state index is -0.154. The van der Waals surface area contributed by atoms with Crippen LogP contribution in [0.4, 0.5) is 0 Å². The fourth-order valence-electron chi connectivity index (χ4n) is 2.67. The summed E-state index contributed by atoms with van der Waals surface area (Å²) in [6, 6.07) is 12.6. The third-order valence-corrected chi connectivity index (χ3v) is 5.73. The van der Waals surface area contributed by atoms with Crippen LogP contribution in [0.3, 0.4) is 0 Å². The first-order valence-corrected chi connectivity index (χ1v) is 10.7. The van der Waals surface area contributed by atoms with Gasteiger partial charge in [-0.25, -0.2) is 0 Å². The van der Waals surface area contributed by atoms with Gasteiger partial charge in [-0.1, -0.05) is 41.7 Å². The molecule has 0 radical (unpaired) electrons. The topological polar surface area (TPSA) is 48.0 Å². The molecule has 156 valence electrons. The molecule has 0 bridgehead atoms. The van der Waals surface area contributed by atoms with Crippen LogP contribution < -0.4 is 14.2 Å². The van der Waals surface area contributed by atoms with Gasteiger partial charge >= 0.3 is 0 Å². The Labute approximate surface area is 190 Å². The van der Waals surface area contributed by atoms with Crippen molar-refractivity contribution in [1.29, 1.82) is 0 Å². The zero-order chi connectivity index (χ0) is 21.5. The zero-order valence-electron chi connectivity index (χ0n) is 16.3. The molecule has 0 atom stereocenters. The van der Waals surface area contributed by atoms with Crippen molar-refractivity contribution in [2.75, 3.05) is 26.9 Å². The number of thiocarbonyl (C=S) groups is 1. The predicted octanol–water partition coefficient (Wildman–Crippen LogP) is 5.19. The highest BCUT2D eigenvalue weighted by atomic mass is 35.5. The van der Waals surface area contributed by atoms with Gasteiger partial charge in [0.15, 0.2) is 0 Å². The molecule has 0 aromatic heterocycles. The van der Waals surface area contributed by atoms with Gasteiger partial charge in [0.05, 0.1) is 12.0 Å². The van der Waals surface area contributed by atoms with Crippen molar-refractivity contribution in [3.05, 3.63) is 70.6 Å². The van der Waals surface area contributed by atoms with Gasteiger partial charge in [0, 0.05) is 17.1 Å². The molecule has 1 aliphatic rings. The van der Waals surface area contributed by atoms with Crippen molar-refractivity contribution in [3.8, 4) is 17.2 Å². The van der Waals surface area contributed by atoms with Gasteiger partial charge in [0.2, 0.25) is 0 Å². The van der Waals surface area contributed by atoms with E-state index in [4.69, 9.17) is 38.0 Å². The van der Waals surface area contributed by atoms with Gasteiger partial charge in [-0.2, -0.15) is 0 Å². The maximum Gasteiger partial charge on any atom is 0.266 e. The molecule has 1 heterocycles. The lowest BCUT2D eigenvalue weighted by molar-refractivity contribution is -0.121. The van der Waals surface area contributed by atoms with Gasteiger partial charge in [-0.05, 0) is 48.5 Å². The third-order valence-electron chi connectivity index (χ3n) is 4.11. The first kappa shape index (κ1) is 22.2. The molecule has 0 saturated carbocycles. The number of carbonyl (C=O) groups is 1. The largest absolute Gasteiger partial charge is 0.497 e. The van der Waals surface area contributed by atoms with E-state index in [2.05, 4.69) is 6.58 Å². The second kappa shape index (κ2) is 10.5. The summed E-state index contributed by atoms with van der Waals surface area (Å²) in [4.78, 5) is 14.6. The third kappa shape index (κ3) is 5.56. The molecule has 5 nitrogen and oxygen atoms in total. The summed E-state index contributed by atoms with van der Waals surface area (Å²) in [5, 5.41) is 0.546. The normalized spacial score (nSPS) is 14.9. The molecule has 30 heavy (non-hydrogen) atoms. The Morgan fingerprint density at radius 3 is 2.53 bits per heavy atom. The molecule has 0 aliphatic carbocycles. The Morgan fingerprint density at radius 2 is 1.83 bits per heavy atom. The van der Waals surface area contributed by atoms with Gasteiger partial charge in [0.1, 0.15) is 34.8 Å². The molecule has 1 saturated heterocycles. The Morgan fingerprint density at radius 1 is 1.13 bits per heavy atom. The number of nitrogens with zero attached hydrogens (tertiary/aromatic N) is 1. The van der Waals surface area contributed by atoms with E-state index in [-0.39, 0.29) is 5.91 Å². The quantitative estimate of drug-likeness (QED) is 0.221. The van der Waals surface area contributed by atoms with Crippen LogP contribution in [0.25, 0.3) is 6.08 Å². The van der Waals surface area contributed by atoms with Crippen LogP contribution in [0.1, 0.15) is 5.56 Å². The highest BCUT2D eigenvalue weighted by Crippen LogP contribution is 2.35. The number of amides is 1. The number of rotatable bonds is 9. The number of methoxy groups -OCH3 is 1. The lowest BCUT2D eigenvalue weighted by Gasteiger charge is -2.12. The number of benzene rings is 2. The van der Waals surface area contributed by atoms with Crippen LogP contribution in [0.2, 0.25) is 5.02 Å². The predicted molar refractivity (Wildman–Crippen MR) is 126 cm³/mol. The molecule has 1 aliphatic heterocycles. The smallest absolute Gasteiger partial charge is 0.266 e. The van der Waals surface area contributed by atoms with E-state index < -0.39 is 0 Å². The minimum Gasteiger partial charge on any atom is -0.497 e. The molecular formula is C22H20ClNO4S2. The van der Waals surface area contributed by atoms with Gasteiger partial charge < -0.3 is 14.2 Å². The van der Waals surface area contributed by atoms with Crippen LogP contribution in [0, 0.1) is 0 Å². The van der Waals surface area contributed by atoms with Crippen LogP contribution >= 0.6 is 35.6 Å². The van der Waals surface area contributed by atoms with Crippen molar-refractivity contribution in [2.45, 2.75) is 0 Å². The fraction of sp³-hybridized carbons (Fsp3) is 0.182. The summed E-state index contributed by atoms with van der Waals surface area (Å²) in [5.74, 6) is 1.94. The van der Waals surface area contributed by atoms with E-state index in [1.54, 1.807) is 37.5 Å². The van der Waals surface area contributed by atoms with Crippen molar-refractivity contribution >= 4 is 51.9 Å². The molecule has 2 aromatic carbocycles. The highest BCUT2D eigenvalue weighted by Gasteiger charge is 2.31. The molecular weight excluding hydrogens is 442 g/mol. The zero-order valence-corrected chi connectivity index (χ0v) is 18.7. The molecule has 3 rings (SSSR count). The Kier molecular flexibility index (Phi) is 7.79. The number of halogens is 1. The SMILES string of the molecule is C=CCN1C(=O)/C(=C/c2cc(Cl)ccc2OCCOc2ccc(OC)cc2)SC1=S. The van der Waals surface area contributed by atoms with Gasteiger partial charge in [0.25, 0.3) is 5.91 Å². The first-order chi connectivity index (χ1) is 14.5. The number of thioether (sulfide) groups is 1. The number of hydrogen-bond donors (Lipinski definition) is 0. The number of ether oxygens (including phenoxy) is 3. The highest BCUT2D eigenvalue weighted by molar-refractivity contribution is 8.26. The van der Waals surface area contributed by atoms with E-state index in [0.717, 1.165) is 11.5 Å². The van der Waals surface area contributed by atoms with E-state index in [1.165, 1.54) is 16.7 Å². The fourth-order valence-corrected chi connectivity index (χ4v) is 4.12. The maximum atomic E-state index is 12.6. The van der Waals surface area contributed by atoms with Crippen LogP contribution in [-0.2, 0) is 4.79 Å². The molecule has 8 heteroatoms. The van der Waals surface area contributed by atoms with Crippen molar-refractivity contribution < 1.29 is 19.0 Å². The average molecular weight is 462 g/mol. The molecule has 0 N–H and O–H groups in total. The number of carbonyl (C=O) groups excluding carboxylic acids is 1. The Bertz CT molecular complexity index is 976. The molecule has 1 fully saturated rings. The average Bonchev–Trinajstić information content (AvgIpc) is 3.00. The van der Waals surface area contributed by atoms with E-state index >= 15 is 0 Å². The van der Waals surface area contributed by atoms with Crippen molar-refractivity contribution in [3.63, 3.8) is 0 Å². The van der Waals surface area contributed by atoms with Crippen molar-refractivity contribution in [2.24, 2.45) is 0 Å². The van der Waals surface area contributed by atoms with E-state index in [0.29, 0.717) is 45.3 Å². The van der Waals surface area contributed by atoms with Gasteiger partial charge in [-0.15, -0.1) is 6.58 Å². The summed E-state index contributed by atoms with van der Waals surface area (Å²) < 4.78 is 17.2. The second-order valence-electron chi connectivity index (χ2n) is 6.14. The summed E-state index contributed by atoms with van der Waals surface area (Å²) in [6.07, 6.45) is 3.39. The standard InChI is InChI=1S/C22H20ClNO4S2/c1-3-10-24-21(25)20(30-22(24)29)14-15-13-16(23)4-9-19(15)28-12-11-27-18-7-5-17(26-2)6-8-18/h3-9,13-14H,1,10-12H2,2H3/b20-14-. The minimum absolute atomic E-state index is 0.154. The van der Waals surface area contributed by atoms with E-state index in [1.807, 2.05) is 24.3 Å². The molecule has 2 aromatic rings. The summed E-state index contributed by atoms with van der Waals surface area (Å²) in [7, 11) is 1.62. The maximum absolute atomic E-state index is 12.6. The lowest BCUT2D eigenvalue weighted by Crippen LogP contribution is -2.27. The second-order valence-corrected chi connectivity index (χ2v) is 8.25. The molecule has 0 unspecified atom stereocenters. The lowest BCUT2D eigenvalue weighted by atomic mass is 10.2. The van der Waals surface area contributed by atoms with Gasteiger partial charge in [-0.3, -0.25) is 9.69 Å². The van der Waals surface area contributed by atoms with Crippen molar-refractivity contribution in [1.82, 2.24) is 4.90 Å². The van der Waals surface area contributed by atoms with E-state index in [9.17, 15) is 4.79 Å². The van der Waals surface area contributed by atoms with Crippen LogP contribution in [0.5, 0.6) is 17.2 Å². The molecule has 0 spiro atoms. The van der Waals surface area contributed by atoms with Crippen LogP contribution in [0.15, 0.2) is 60.0 Å². The summed E-state index contributed by atoms with van der Waals surface area (Å²) in [6.45, 7) is 4.72. The summed E-state index contributed by atoms with van der Waals surface area (Å²) >= 11 is 12.7. The summed E-state index contributed by atoms with van der Waals surface area (Å²) in [5.41, 5.74) is 0.700. The molecule has 1 amide bonds. The first-order valence-electron chi connectivity index (χ1n) is 9.07. The van der Waals surface area contributed by atoms with Crippen LogP contribution in [-0.4, -0.2) is 42.0 Å². The Balaban J connectivity index is 1.66. The monoisotopic (exact) mass is 461 g/mol. The Hall–Kier alpha value is -2.48. The number of hydrogen-bond acceptors (Lipinski definition) is 6.